The van der Waals surface area contributed by atoms with E-state index in [9.17, 15) is 14.4 Å². The predicted octanol–water partition coefficient (Wildman–Crippen LogP) is 5.97. The normalized spacial score (nSPS) is 27.2. The minimum atomic E-state index is -1.12. The van der Waals surface area contributed by atoms with Crippen LogP contribution in [0.25, 0.3) is 22.2 Å². The highest BCUT2D eigenvalue weighted by Crippen LogP contribution is 2.52. The molecule has 1 aliphatic carbocycles. The van der Waals surface area contributed by atoms with Gasteiger partial charge in [0.2, 0.25) is 5.91 Å². The lowest BCUT2D eigenvalue weighted by atomic mass is 9.84. The maximum absolute atomic E-state index is 14.8. The van der Waals surface area contributed by atoms with Gasteiger partial charge in [-0.1, -0.05) is 26.8 Å². The predicted molar refractivity (Wildman–Crippen MR) is 230 cm³/mol. The standard InChI is InChI=1S/C45H56N8O6S/c1-8-52-33-16-15-27-21-29(33)30(38(52)28-13-10-17-46-36(28)26(4)57-7)22-45(5,6)24-59-44(56)31-14-11-20-53(51-31)43(55)37(39(58-9-2)42-49-32(27)23-60-42)50-41(54)35-25(3)34(35)40-47-18-12-19-48-40/h10,12-13,15-19,21,25-26,31-32,34-35,37,39,51H,8-9,11,14,20,22-24H2,1-7H3,(H,50,54)/t25-,26-,31-,32?,34+,35+,37-,39-/m0/s1. The number of esters is 1. The largest absolute Gasteiger partial charge is 0.464 e. The van der Waals surface area contributed by atoms with Gasteiger partial charge in [0.05, 0.1) is 36.1 Å². The average molecular weight is 837 g/mol. The van der Waals surface area contributed by atoms with E-state index >= 15 is 0 Å². The van der Waals surface area contributed by atoms with Gasteiger partial charge in [0.1, 0.15) is 29.1 Å². The summed E-state index contributed by atoms with van der Waals surface area (Å²) in [6.45, 7) is 13.8. The molecule has 318 valence electrons. The molecule has 1 saturated heterocycles. The van der Waals surface area contributed by atoms with Gasteiger partial charge in [-0.3, -0.25) is 29.4 Å². The van der Waals surface area contributed by atoms with Crippen LogP contribution in [0.5, 0.6) is 0 Å². The fourth-order valence-electron chi connectivity index (χ4n) is 9.17. The van der Waals surface area contributed by atoms with Crippen LogP contribution in [0.15, 0.2) is 60.0 Å². The Morgan fingerprint density at radius 1 is 1.12 bits per heavy atom. The number of ether oxygens (including phenoxy) is 3. The number of pyridine rings is 1. The van der Waals surface area contributed by atoms with Crippen LogP contribution in [0, 0.1) is 17.3 Å². The summed E-state index contributed by atoms with van der Waals surface area (Å²) in [5, 5.41) is 6.31. The number of nitrogens with zero attached hydrogens (tertiary/aromatic N) is 6. The first-order valence-electron chi connectivity index (χ1n) is 21.2. The van der Waals surface area contributed by atoms with Crippen molar-refractivity contribution < 1.29 is 28.6 Å². The summed E-state index contributed by atoms with van der Waals surface area (Å²) in [5.74, 6) is -0.445. The third kappa shape index (κ3) is 8.08. The van der Waals surface area contributed by atoms with E-state index in [0.29, 0.717) is 42.4 Å². The Hall–Kier alpha value is -4.70. The zero-order valence-electron chi connectivity index (χ0n) is 35.5. The number of carbonyl (C=O) groups excluding carboxylic acids is 3. The fourth-order valence-corrected chi connectivity index (χ4v) is 10.3. The minimum Gasteiger partial charge on any atom is -0.464 e. The lowest BCUT2D eigenvalue weighted by molar-refractivity contribution is -0.156. The molecule has 0 spiro atoms. The molecule has 14 nitrogen and oxygen atoms in total. The molecule has 2 N–H and O–H groups in total. The highest BCUT2D eigenvalue weighted by Gasteiger charge is 2.55. The van der Waals surface area contributed by atoms with Crippen LogP contribution in [0.2, 0.25) is 0 Å². The molecule has 2 fully saturated rings. The van der Waals surface area contributed by atoms with Crippen molar-refractivity contribution in [3.8, 4) is 11.3 Å². The van der Waals surface area contributed by atoms with Gasteiger partial charge in [-0.25, -0.2) is 15.4 Å². The van der Waals surface area contributed by atoms with Crippen LogP contribution in [-0.2, 0) is 41.6 Å². The van der Waals surface area contributed by atoms with Crippen molar-refractivity contribution in [3.63, 3.8) is 0 Å². The Morgan fingerprint density at radius 2 is 1.90 bits per heavy atom. The van der Waals surface area contributed by atoms with E-state index < -0.39 is 41.4 Å². The number of amides is 2. The third-order valence-electron chi connectivity index (χ3n) is 12.4. The molecular weight excluding hydrogens is 781 g/mol. The van der Waals surface area contributed by atoms with E-state index in [1.54, 1.807) is 43.5 Å². The highest BCUT2D eigenvalue weighted by atomic mass is 32.2. The minimum absolute atomic E-state index is 0.0117. The Morgan fingerprint density at radius 3 is 2.65 bits per heavy atom. The molecule has 3 aliphatic heterocycles. The van der Waals surface area contributed by atoms with Gasteiger partial charge in [-0.2, -0.15) is 0 Å². The number of thioether (sulfide) groups is 1. The summed E-state index contributed by atoms with van der Waals surface area (Å²) in [6, 6.07) is 10.3. The fraction of sp³-hybridized carbons (Fsp3) is 0.533. The number of hydrogen-bond donors (Lipinski definition) is 2. The molecule has 1 aromatic carbocycles. The van der Waals surface area contributed by atoms with Crippen LogP contribution in [0.3, 0.4) is 0 Å². The summed E-state index contributed by atoms with van der Waals surface area (Å²) in [5.41, 5.74) is 8.89. The summed E-state index contributed by atoms with van der Waals surface area (Å²) in [7, 11) is 1.70. The number of aromatic nitrogens is 4. The quantitative estimate of drug-likeness (QED) is 0.191. The van der Waals surface area contributed by atoms with Crippen LogP contribution < -0.4 is 10.7 Å². The first kappa shape index (κ1) is 42.0. The van der Waals surface area contributed by atoms with E-state index in [4.69, 9.17) is 24.2 Å². The van der Waals surface area contributed by atoms with Gasteiger partial charge in [0.25, 0.3) is 5.91 Å². The van der Waals surface area contributed by atoms with Crippen LogP contribution in [0.4, 0.5) is 0 Å². The number of nitrogens with one attached hydrogen (secondary N) is 2. The summed E-state index contributed by atoms with van der Waals surface area (Å²) >= 11 is 1.55. The number of rotatable bonds is 9. The number of cyclic esters (lactones) is 1. The first-order valence-corrected chi connectivity index (χ1v) is 22.2. The maximum atomic E-state index is 14.8. The topological polar surface area (TPSA) is 162 Å². The molecule has 1 saturated carbocycles. The Bertz CT molecular complexity index is 2280. The molecule has 2 amide bonds. The van der Waals surface area contributed by atoms with Crippen molar-refractivity contribution in [3.05, 3.63) is 77.6 Å². The molecule has 1 unspecified atom stereocenters. The molecule has 8 atom stereocenters. The number of fused-ring (bicyclic) bond motifs is 5. The summed E-state index contributed by atoms with van der Waals surface area (Å²) < 4.78 is 20.7. The molecule has 15 heteroatoms. The lowest BCUT2D eigenvalue weighted by Crippen LogP contribution is -2.63. The Balaban J connectivity index is 1.23. The number of aryl methyl sites for hydroxylation is 1. The van der Waals surface area contributed by atoms with Crippen molar-refractivity contribution in [1.29, 1.82) is 0 Å². The van der Waals surface area contributed by atoms with Gasteiger partial charge in [-0.15, -0.1) is 11.8 Å². The molecule has 4 aliphatic rings. The molecule has 0 radical (unpaired) electrons. The molecule has 6 bridgehead atoms. The molecule has 6 heterocycles. The van der Waals surface area contributed by atoms with E-state index in [-0.39, 0.29) is 43.1 Å². The summed E-state index contributed by atoms with van der Waals surface area (Å²) in [6.07, 6.45) is 5.73. The smallest absolute Gasteiger partial charge is 0.324 e. The Kier molecular flexibility index (Phi) is 12.1. The van der Waals surface area contributed by atoms with Crippen molar-refractivity contribution in [2.24, 2.45) is 22.2 Å². The third-order valence-corrected chi connectivity index (χ3v) is 13.5. The van der Waals surface area contributed by atoms with E-state index in [1.165, 1.54) is 5.01 Å². The van der Waals surface area contributed by atoms with Crippen molar-refractivity contribution in [2.45, 2.75) is 104 Å². The van der Waals surface area contributed by atoms with Crippen molar-refractivity contribution in [2.75, 3.05) is 32.6 Å². The lowest BCUT2D eigenvalue weighted by Gasteiger charge is -2.37. The molecule has 8 rings (SSSR count). The molecule has 3 aromatic heterocycles. The maximum Gasteiger partial charge on any atom is 0.324 e. The number of hydrogen-bond acceptors (Lipinski definition) is 12. The number of hydrazine groups is 1. The van der Waals surface area contributed by atoms with Crippen molar-refractivity contribution >= 4 is 45.5 Å². The monoisotopic (exact) mass is 836 g/mol. The molecule has 4 aromatic rings. The second-order valence-electron chi connectivity index (χ2n) is 17.1. The Labute approximate surface area is 355 Å². The molecular formula is C45H56N8O6S. The van der Waals surface area contributed by atoms with Crippen molar-refractivity contribution in [1.82, 2.24) is 35.3 Å². The number of carbonyl (C=O) groups is 3. The second-order valence-corrected chi connectivity index (χ2v) is 18.1. The van der Waals surface area contributed by atoms with E-state index in [1.807, 2.05) is 26.8 Å². The highest BCUT2D eigenvalue weighted by molar-refractivity contribution is 8.14. The van der Waals surface area contributed by atoms with Gasteiger partial charge < -0.3 is 24.1 Å². The van der Waals surface area contributed by atoms with E-state index in [2.05, 4.69) is 70.3 Å². The van der Waals surface area contributed by atoms with Gasteiger partial charge in [-0.05, 0) is 87.4 Å². The van der Waals surface area contributed by atoms with Gasteiger partial charge in [0.15, 0.2) is 0 Å². The average Bonchev–Trinajstić information content (AvgIpc) is 3.55. The van der Waals surface area contributed by atoms with Crippen LogP contribution in [0.1, 0.15) is 95.1 Å². The van der Waals surface area contributed by atoms with Gasteiger partial charge >= 0.3 is 5.97 Å². The van der Waals surface area contributed by atoms with Gasteiger partial charge in [0, 0.05) is 78.9 Å². The zero-order chi connectivity index (χ0) is 42.3. The summed E-state index contributed by atoms with van der Waals surface area (Å²) in [4.78, 5) is 61.7. The van der Waals surface area contributed by atoms with E-state index in [0.717, 1.165) is 45.5 Å². The SMILES string of the molecule is CCO[C@@H]1C2=NC(CS2)c2ccc3c(c2)c(c(-c2cccnc2[C@H](C)OC)n3CC)CC(C)(C)COC(=O)[C@@H]2CCCN(N2)C(=O)[C@H]1NC(=O)[C@@H]1[C@@H](C)[C@H]1c1ncccn1. The zero-order valence-corrected chi connectivity index (χ0v) is 36.3. The number of methoxy groups -OCH3 is 1. The first-order chi connectivity index (χ1) is 28.9. The second kappa shape index (κ2) is 17.3. The number of aliphatic imine (C=N–C) groups is 1. The molecule has 60 heavy (non-hydrogen) atoms. The number of benzene rings is 1. The van der Waals surface area contributed by atoms with Crippen LogP contribution in [-0.4, -0.2) is 98.2 Å². The van der Waals surface area contributed by atoms with Crippen LogP contribution >= 0.6 is 11.8 Å².